The maximum absolute atomic E-state index is 5.90. The standard InChI is InChI=1S/C11H23NO/c1-11(2,3)6-7-13-8-10(12)9-4-5-9/h9-10H,4-8,12H2,1-3H3. The largest absolute Gasteiger partial charge is 0.380 e. The van der Waals surface area contributed by atoms with Gasteiger partial charge in [0.1, 0.15) is 0 Å². The van der Waals surface area contributed by atoms with Gasteiger partial charge in [0.15, 0.2) is 0 Å². The van der Waals surface area contributed by atoms with Gasteiger partial charge < -0.3 is 10.5 Å². The molecule has 1 aliphatic carbocycles. The van der Waals surface area contributed by atoms with Crippen molar-refractivity contribution in [1.29, 1.82) is 0 Å². The van der Waals surface area contributed by atoms with Crippen LogP contribution in [0.4, 0.5) is 0 Å². The van der Waals surface area contributed by atoms with Crippen LogP contribution in [0, 0.1) is 11.3 Å². The van der Waals surface area contributed by atoms with Gasteiger partial charge in [-0.25, -0.2) is 0 Å². The van der Waals surface area contributed by atoms with Crippen LogP contribution in [0.15, 0.2) is 0 Å². The lowest BCUT2D eigenvalue weighted by atomic mass is 9.93. The second-order valence-electron chi connectivity index (χ2n) is 5.39. The van der Waals surface area contributed by atoms with Crippen LogP contribution in [0.25, 0.3) is 0 Å². The topological polar surface area (TPSA) is 35.2 Å². The van der Waals surface area contributed by atoms with E-state index in [1.165, 1.54) is 12.8 Å². The minimum absolute atomic E-state index is 0.292. The molecule has 0 amide bonds. The minimum Gasteiger partial charge on any atom is -0.380 e. The fourth-order valence-electron chi connectivity index (χ4n) is 1.26. The van der Waals surface area contributed by atoms with E-state index in [0.717, 1.165) is 25.6 Å². The molecule has 78 valence electrons. The van der Waals surface area contributed by atoms with Crippen molar-refractivity contribution in [2.24, 2.45) is 17.1 Å². The molecule has 1 saturated carbocycles. The van der Waals surface area contributed by atoms with Crippen LogP contribution in [0.2, 0.25) is 0 Å². The lowest BCUT2D eigenvalue weighted by Gasteiger charge is -2.18. The number of rotatable bonds is 5. The molecule has 1 unspecified atom stereocenters. The summed E-state index contributed by atoms with van der Waals surface area (Å²) in [4.78, 5) is 0. The van der Waals surface area contributed by atoms with E-state index < -0.39 is 0 Å². The van der Waals surface area contributed by atoms with Gasteiger partial charge in [0.2, 0.25) is 0 Å². The Morgan fingerprint density at radius 2 is 2.00 bits per heavy atom. The first-order chi connectivity index (χ1) is 5.99. The van der Waals surface area contributed by atoms with Crippen molar-refractivity contribution in [1.82, 2.24) is 0 Å². The quantitative estimate of drug-likeness (QED) is 0.666. The average molecular weight is 185 g/mol. The Morgan fingerprint density at radius 3 is 2.46 bits per heavy atom. The van der Waals surface area contributed by atoms with Gasteiger partial charge >= 0.3 is 0 Å². The summed E-state index contributed by atoms with van der Waals surface area (Å²) in [5.74, 6) is 0.759. The van der Waals surface area contributed by atoms with E-state index in [4.69, 9.17) is 10.5 Å². The van der Waals surface area contributed by atoms with Gasteiger partial charge in [0.05, 0.1) is 6.61 Å². The molecule has 2 heteroatoms. The minimum atomic E-state index is 0.292. The predicted molar refractivity (Wildman–Crippen MR) is 55.6 cm³/mol. The first kappa shape index (κ1) is 11.0. The predicted octanol–water partition coefficient (Wildman–Crippen LogP) is 2.18. The van der Waals surface area contributed by atoms with E-state index >= 15 is 0 Å². The van der Waals surface area contributed by atoms with Gasteiger partial charge in [-0.3, -0.25) is 0 Å². The Kier molecular flexibility index (Phi) is 3.74. The van der Waals surface area contributed by atoms with E-state index in [-0.39, 0.29) is 0 Å². The summed E-state index contributed by atoms with van der Waals surface area (Å²) in [7, 11) is 0. The Hall–Kier alpha value is -0.0800. The highest BCUT2D eigenvalue weighted by atomic mass is 16.5. The van der Waals surface area contributed by atoms with Crippen LogP contribution in [0.3, 0.4) is 0 Å². The fraction of sp³-hybridized carbons (Fsp3) is 1.00. The lowest BCUT2D eigenvalue weighted by molar-refractivity contribution is 0.0934. The molecule has 0 aromatic carbocycles. The molecule has 0 heterocycles. The molecule has 1 aliphatic rings. The molecule has 0 aliphatic heterocycles. The van der Waals surface area contributed by atoms with Gasteiger partial charge in [-0.2, -0.15) is 0 Å². The summed E-state index contributed by atoms with van der Waals surface area (Å²) in [6.07, 6.45) is 3.73. The third-order valence-corrected chi connectivity index (χ3v) is 2.53. The van der Waals surface area contributed by atoms with E-state index in [0.29, 0.717) is 11.5 Å². The van der Waals surface area contributed by atoms with Crippen LogP contribution < -0.4 is 5.73 Å². The van der Waals surface area contributed by atoms with Gasteiger partial charge in [-0.05, 0) is 30.6 Å². The number of hydrogen-bond donors (Lipinski definition) is 1. The highest BCUT2D eigenvalue weighted by Crippen LogP contribution is 2.31. The summed E-state index contributed by atoms with van der Waals surface area (Å²) in [5.41, 5.74) is 6.28. The summed E-state index contributed by atoms with van der Waals surface area (Å²) < 4.78 is 5.55. The number of hydrogen-bond acceptors (Lipinski definition) is 2. The molecular weight excluding hydrogens is 162 g/mol. The summed E-state index contributed by atoms with van der Waals surface area (Å²) in [6.45, 7) is 8.30. The van der Waals surface area contributed by atoms with Crippen molar-refractivity contribution >= 4 is 0 Å². The third-order valence-electron chi connectivity index (χ3n) is 2.53. The van der Waals surface area contributed by atoms with Crippen molar-refractivity contribution in [2.45, 2.75) is 46.1 Å². The molecule has 13 heavy (non-hydrogen) atoms. The van der Waals surface area contributed by atoms with E-state index in [1.54, 1.807) is 0 Å². The molecule has 0 radical (unpaired) electrons. The normalized spacial score (nSPS) is 20.3. The summed E-state index contributed by atoms with van der Waals surface area (Å²) in [6, 6.07) is 0.292. The Bertz CT molecular complexity index is 147. The molecule has 1 rings (SSSR count). The van der Waals surface area contributed by atoms with Crippen LogP contribution in [-0.2, 0) is 4.74 Å². The zero-order chi connectivity index (χ0) is 9.90. The molecule has 1 atom stereocenters. The maximum Gasteiger partial charge on any atom is 0.0620 e. The average Bonchev–Trinajstić information content (AvgIpc) is 2.77. The van der Waals surface area contributed by atoms with Crippen molar-refractivity contribution in [3.63, 3.8) is 0 Å². The van der Waals surface area contributed by atoms with Crippen molar-refractivity contribution < 1.29 is 4.74 Å². The van der Waals surface area contributed by atoms with Crippen molar-refractivity contribution in [3.05, 3.63) is 0 Å². The maximum atomic E-state index is 5.90. The molecule has 2 N–H and O–H groups in total. The second kappa shape index (κ2) is 4.43. The van der Waals surface area contributed by atoms with Gasteiger partial charge in [0.25, 0.3) is 0 Å². The van der Waals surface area contributed by atoms with E-state index in [2.05, 4.69) is 20.8 Å². The monoisotopic (exact) mass is 185 g/mol. The van der Waals surface area contributed by atoms with Crippen LogP contribution in [0.5, 0.6) is 0 Å². The van der Waals surface area contributed by atoms with Crippen LogP contribution in [-0.4, -0.2) is 19.3 Å². The van der Waals surface area contributed by atoms with Gasteiger partial charge in [0, 0.05) is 12.6 Å². The molecule has 0 aromatic heterocycles. The second-order valence-corrected chi connectivity index (χ2v) is 5.39. The molecule has 0 saturated heterocycles. The zero-order valence-electron chi connectivity index (χ0n) is 9.18. The third kappa shape index (κ3) is 5.27. The van der Waals surface area contributed by atoms with Gasteiger partial charge in [-0.15, -0.1) is 0 Å². The van der Waals surface area contributed by atoms with Crippen molar-refractivity contribution in [3.8, 4) is 0 Å². The molecule has 0 aromatic rings. The summed E-state index contributed by atoms with van der Waals surface area (Å²) in [5, 5.41) is 0. The Balaban J connectivity index is 1.94. The van der Waals surface area contributed by atoms with E-state index in [1.807, 2.05) is 0 Å². The highest BCUT2D eigenvalue weighted by molar-refractivity contribution is 4.83. The van der Waals surface area contributed by atoms with Crippen molar-refractivity contribution in [2.75, 3.05) is 13.2 Å². The molecule has 0 bridgehead atoms. The smallest absolute Gasteiger partial charge is 0.0620 e. The molecular formula is C11H23NO. The Morgan fingerprint density at radius 1 is 1.38 bits per heavy atom. The molecule has 0 spiro atoms. The first-order valence-electron chi connectivity index (χ1n) is 5.32. The first-order valence-corrected chi connectivity index (χ1v) is 5.32. The SMILES string of the molecule is CC(C)(C)CCOCC(N)C1CC1. The molecule has 2 nitrogen and oxygen atoms in total. The van der Waals surface area contributed by atoms with Crippen LogP contribution >= 0.6 is 0 Å². The van der Waals surface area contributed by atoms with E-state index in [9.17, 15) is 0 Å². The number of ether oxygens (including phenoxy) is 1. The lowest BCUT2D eigenvalue weighted by Crippen LogP contribution is -2.29. The number of nitrogens with two attached hydrogens (primary N) is 1. The zero-order valence-corrected chi connectivity index (χ0v) is 9.18. The summed E-state index contributed by atoms with van der Waals surface area (Å²) >= 11 is 0. The van der Waals surface area contributed by atoms with Crippen LogP contribution in [0.1, 0.15) is 40.0 Å². The fourth-order valence-corrected chi connectivity index (χ4v) is 1.26. The highest BCUT2D eigenvalue weighted by Gasteiger charge is 2.28. The molecule has 1 fully saturated rings. The van der Waals surface area contributed by atoms with Gasteiger partial charge in [-0.1, -0.05) is 20.8 Å². The Labute approximate surface area is 81.8 Å².